The Labute approximate surface area is 202 Å². The van der Waals surface area contributed by atoms with Crippen molar-refractivity contribution in [2.75, 3.05) is 26.2 Å². The van der Waals surface area contributed by atoms with Gasteiger partial charge in [-0.25, -0.2) is 13.4 Å². The number of hydrogen-bond donors (Lipinski definition) is 0. The molecule has 174 valence electrons. The van der Waals surface area contributed by atoms with E-state index in [1.807, 2.05) is 35.7 Å². The summed E-state index contributed by atoms with van der Waals surface area (Å²) in [5.74, 6) is 0.546. The third-order valence-electron chi connectivity index (χ3n) is 5.86. The second-order valence-electron chi connectivity index (χ2n) is 8.00. The van der Waals surface area contributed by atoms with Crippen molar-refractivity contribution in [3.05, 3.63) is 88.9 Å². The van der Waals surface area contributed by atoms with Crippen LogP contribution in [0, 0.1) is 0 Å². The molecular formula is C25H23N3O4S2. The number of sulfonamides is 1. The Hall–Kier alpha value is -3.27. The van der Waals surface area contributed by atoms with Crippen LogP contribution in [-0.2, 0) is 16.6 Å². The molecule has 1 amide bonds. The lowest BCUT2D eigenvalue weighted by Gasteiger charge is -2.34. The fraction of sp³-hybridized carbons (Fsp3) is 0.200. The smallest absolute Gasteiger partial charge is 0.253 e. The minimum Gasteiger partial charge on any atom is -0.487 e. The third-order valence-corrected chi connectivity index (χ3v) is 8.39. The highest BCUT2D eigenvalue weighted by molar-refractivity contribution is 7.89. The molecule has 2 heterocycles. The Bertz CT molecular complexity index is 1400. The summed E-state index contributed by atoms with van der Waals surface area (Å²) in [4.78, 5) is 19.1. The van der Waals surface area contributed by atoms with E-state index in [4.69, 9.17) is 4.74 Å². The van der Waals surface area contributed by atoms with Crippen LogP contribution in [0.4, 0.5) is 0 Å². The van der Waals surface area contributed by atoms with Crippen molar-refractivity contribution >= 4 is 38.0 Å². The molecule has 9 heteroatoms. The number of amides is 1. The molecule has 1 fully saturated rings. The number of hydrogen-bond acceptors (Lipinski definition) is 6. The number of carbonyl (C=O) groups is 1. The van der Waals surface area contributed by atoms with Crippen LogP contribution in [0.2, 0.25) is 0 Å². The van der Waals surface area contributed by atoms with E-state index in [2.05, 4.69) is 4.98 Å². The van der Waals surface area contributed by atoms with E-state index in [9.17, 15) is 13.2 Å². The number of carbonyl (C=O) groups excluding carboxylic acids is 1. The summed E-state index contributed by atoms with van der Waals surface area (Å²) in [7, 11) is -3.62. The molecule has 0 aliphatic carbocycles. The van der Waals surface area contributed by atoms with Crippen LogP contribution in [-0.4, -0.2) is 54.7 Å². The summed E-state index contributed by atoms with van der Waals surface area (Å²) < 4.78 is 33.5. The number of thiazole rings is 1. The third kappa shape index (κ3) is 4.68. The van der Waals surface area contributed by atoms with Gasteiger partial charge in [-0.2, -0.15) is 4.31 Å². The number of rotatable bonds is 6. The number of ether oxygens (including phenoxy) is 1. The van der Waals surface area contributed by atoms with Crippen LogP contribution in [0.15, 0.2) is 82.5 Å². The zero-order chi connectivity index (χ0) is 23.5. The molecule has 3 aromatic carbocycles. The van der Waals surface area contributed by atoms with Crippen molar-refractivity contribution in [2.24, 2.45) is 0 Å². The lowest BCUT2D eigenvalue weighted by molar-refractivity contribution is 0.0698. The van der Waals surface area contributed by atoms with E-state index >= 15 is 0 Å². The zero-order valence-corrected chi connectivity index (χ0v) is 20.0. The lowest BCUT2D eigenvalue weighted by atomic mass is 10.1. The Balaban J connectivity index is 1.20. The van der Waals surface area contributed by atoms with Gasteiger partial charge in [-0.15, -0.1) is 11.3 Å². The summed E-state index contributed by atoms with van der Waals surface area (Å²) in [5.41, 5.74) is 3.17. The summed E-state index contributed by atoms with van der Waals surface area (Å²) in [6.45, 7) is 1.58. The van der Waals surface area contributed by atoms with Crippen LogP contribution in [0.25, 0.3) is 10.8 Å². The SMILES string of the molecule is O=C(c1ccc(OCc2cscn2)cc1)N1CCN(S(=O)(=O)c2ccc3ccccc3c2)CC1. The topological polar surface area (TPSA) is 79.8 Å². The van der Waals surface area contributed by atoms with Gasteiger partial charge in [-0.3, -0.25) is 4.79 Å². The Morgan fingerprint density at radius 1 is 0.941 bits per heavy atom. The van der Waals surface area contributed by atoms with Gasteiger partial charge in [0.1, 0.15) is 12.4 Å². The van der Waals surface area contributed by atoms with Gasteiger partial charge in [0.25, 0.3) is 5.91 Å². The molecule has 5 rings (SSSR count). The van der Waals surface area contributed by atoms with Crippen molar-refractivity contribution in [2.45, 2.75) is 11.5 Å². The monoisotopic (exact) mass is 493 g/mol. The van der Waals surface area contributed by atoms with E-state index in [1.165, 1.54) is 15.6 Å². The fourth-order valence-electron chi connectivity index (χ4n) is 3.95. The minimum atomic E-state index is -3.62. The van der Waals surface area contributed by atoms with Crippen molar-refractivity contribution in [3.8, 4) is 5.75 Å². The largest absolute Gasteiger partial charge is 0.487 e. The van der Waals surface area contributed by atoms with Gasteiger partial charge in [0.2, 0.25) is 10.0 Å². The first kappa shape index (κ1) is 22.5. The molecule has 0 saturated carbocycles. The summed E-state index contributed by atoms with van der Waals surface area (Å²) in [6, 6.07) is 19.8. The maximum Gasteiger partial charge on any atom is 0.253 e. The van der Waals surface area contributed by atoms with Crippen LogP contribution < -0.4 is 4.74 Å². The molecule has 0 spiro atoms. The molecule has 1 aromatic heterocycles. The van der Waals surface area contributed by atoms with Gasteiger partial charge < -0.3 is 9.64 Å². The quantitative estimate of drug-likeness (QED) is 0.405. The molecule has 1 aliphatic rings. The van der Waals surface area contributed by atoms with Crippen molar-refractivity contribution in [1.82, 2.24) is 14.2 Å². The molecule has 7 nitrogen and oxygen atoms in total. The normalized spacial score (nSPS) is 14.9. The van der Waals surface area contributed by atoms with Crippen LogP contribution in [0.3, 0.4) is 0 Å². The maximum atomic E-state index is 13.2. The first-order valence-electron chi connectivity index (χ1n) is 10.9. The van der Waals surface area contributed by atoms with E-state index in [-0.39, 0.29) is 23.9 Å². The minimum absolute atomic E-state index is 0.117. The molecule has 34 heavy (non-hydrogen) atoms. The molecule has 0 atom stereocenters. The fourth-order valence-corrected chi connectivity index (χ4v) is 5.95. The second-order valence-corrected chi connectivity index (χ2v) is 10.7. The molecular weight excluding hydrogens is 470 g/mol. The van der Waals surface area contributed by atoms with E-state index in [1.54, 1.807) is 46.8 Å². The van der Waals surface area contributed by atoms with Crippen molar-refractivity contribution in [3.63, 3.8) is 0 Å². The molecule has 1 saturated heterocycles. The predicted octanol–water partition coefficient (Wildman–Crippen LogP) is 4.02. The summed E-state index contributed by atoms with van der Waals surface area (Å²) in [6.07, 6.45) is 0. The molecule has 0 bridgehead atoms. The van der Waals surface area contributed by atoms with Gasteiger partial charge >= 0.3 is 0 Å². The van der Waals surface area contributed by atoms with Crippen LogP contribution in [0.1, 0.15) is 16.1 Å². The van der Waals surface area contributed by atoms with Gasteiger partial charge in [0.15, 0.2) is 0 Å². The number of nitrogens with zero attached hydrogens (tertiary/aromatic N) is 3. The van der Waals surface area contributed by atoms with E-state index < -0.39 is 10.0 Å². The second kappa shape index (κ2) is 9.54. The van der Waals surface area contributed by atoms with Gasteiger partial charge in [-0.05, 0) is 47.2 Å². The highest BCUT2D eigenvalue weighted by atomic mass is 32.2. The summed E-state index contributed by atoms with van der Waals surface area (Å²) in [5, 5.41) is 3.81. The summed E-state index contributed by atoms with van der Waals surface area (Å²) >= 11 is 1.52. The Morgan fingerprint density at radius 2 is 1.68 bits per heavy atom. The first-order valence-corrected chi connectivity index (χ1v) is 13.3. The van der Waals surface area contributed by atoms with Crippen molar-refractivity contribution in [1.29, 1.82) is 0 Å². The predicted molar refractivity (Wildman–Crippen MR) is 131 cm³/mol. The first-order chi connectivity index (χ1) is 16.5. The molecule has 1 aliphatic heterocycles. The lowest BCUT2D eigenvalue weighted by Crippen LogP contribution is -2.50. The number of aromatic nitrogens is 1. The van der Waals surface area contributed by atoms with Gasteiger partial charge in [0.05, 0.1) is 16.1 Å². The highest BCUT2D eigenvalue weighted by Gasteiger charge is 2.30. The van der Waals surface area contributed by atoms with Crippen molar-refractivity contribution < 1.29 is 17.9 Å². The Kier molecular flexibility index (Phi) is 6.32. The molecule has 0 radical (unpaired) electrons. The van der Waals surface area contributed by atoms with Crippen LogP contribution in [0.5, 0.6) is 5.75 Å². The van der Waals surface area contributed by atoms with Gasteiger partial charge in [-0.1, -0.05) is 30.3 Å². The number of piperazine rings is 1. The standard InChI is InChI=1S/C25H23N3O4S2/c29-25(20-5-8-23(9-6-20)32-16-22-17-33-18-26-22)27-11-13-28(14-12-27)34(30,31)24-10-7-19-3-1-2-4-21(19)15-24/h1-10,15,17-18H,11-14,16H2. The van der Waals surface area contributed by atoms with E-state index in [0.717, 1.165) is 16.5 Å². The highest BCUT2D eigenvalue weighted by Crippen LogP contribution is 2.23. The molecule has 0 unspecified atom stereocenters. The van der Waals surface area contributed by atoms with E-state index in [0.29, 0.717) is 31.0 Å². The number of benzene rings is 3. The average molecular weight is 494 g/mol. The maximum absolute atomic E-state index is 13.2. The average Bonchev–Trinajstić information content (AvgIpc) is 3.41. The molecule has 0 N–H and O–H groups in total. The van der Waals surface area contributed by atoms with Gasteiger partial charge in [0, 0.05) is 37.1 Å². The number of fused-ring (bicyclic) bond motifs is 1. The zero-order valence-electron chi connectivity index (χ0n) is 18.3. The van der Waals surface area contributed by atoms with Crippen LogP contribution >= 0.6 is 11.3 Å². The Morgan fingerprint density at radius 3 is 2.38 bits per heavy atom. The molecule has 4 aromatic rings.